The van der Waals surface area contributed by atoms with Crippen LogP contribution in [0.5, 0.6) is 23.0 Å². The minimum atomic E-state index is -0.833. The molecule has 28 heavy (non-hydrogen) atoms. The molecule has 0 spiro atoms. The molecule has 152 valence electrons. The van der Waals surface area contributed by atoms with Gasteiger partial charge in [-0.25, -0.2) is 0 Å². The maximum absolute atomic E-state index is 10.7. The second-order valence-corrected chi connectivity index (χ2v) is 6.25. The number of allylic oxidation sites excluding steroid dienone is 1. The van der Waals surface area contributed by atoms with Gasteiger partial charge in [0.15, 0.2) is 23.0 Å². The molecule has 2 atom stereocenters. The van der Waals surface area contributed by atoms with Crippen LogP contribution >= 0.6 is 0 Å². The summed E-state index contributed by atoms with van der Waals surface area (Å²) in [5.41, 5.74) is 1.60. The highest BCUT2D eigenvalue weighted by molar-refractivity contribution is 5.56. The lowest BCUT2D eigenvalue weighted by Crippen LogP contribution is -2.16. The van der Waals surface area contributed by atoms with Crippen molar-refractivity contribution in [3.8, 4) is 23.0 Å². The number of aliphatic hydroxyl groups is 2. The van der Waals surface area contributed by atoms with E-state index < -0.39 is 6.10 Å². The molecule has 2 aromatic carbocycles. The van der Waals surface area contributed by atoms with Crippen molar-refractivity contribution >= 4 is 6.08 Å². The topological polar surface area (TPSA) is 77.4 Å². The zero-order valence-corrected chi connectivity index (χ0v) is 16.7. The van der Waals surface area contributed by atoms with Crippen molar-refractivity contribution in [2.24, 2.45) is 5.92 Å². The molecule has 0 saturated heterocycles. The summed E-state index contributed by atoms with van der Waals surface area (Å²) in [4.78, 5) is 0. The Hall–Kier alpha value is -2.70. The van der Waals surface area contributed by atoms with Crippen LogP contribution < -0.4 is 18.9 Å². The number of ether oxygens (including phenoxy) is 4. The van der Waals surface area contributed by atoms with Crippen molar-refractivity contribution < 1.29 is 29.2 Å². The fraction of sp³-hybridized carbons (Fsp3) is 0.364. The molecule has 0 aromatic heterocycles. The number of hydrogen-bond donors (Lipinski definition) is 2. The van der Waals surface area contributed by atoms with E-state index in [1.54, 1.807) is 46.6 Å². The van der Waals surface area contributed by atoms with Crippen LogP contribution in [0.3, 0.4) is 0 Å². The zero-order chi connectivity index (χ0) is 20.5. The van der Waals surface area contributed by atoms with E-state index in [1.165, 1.54) is 0 Å². The maximum Gasteiger partial charge on any atom is 0.161 e. The van der Waals surface area contributed by atoms with E-state index in [9.17, 15) is 10.2 Å². The van der Waals surface area contributed by atoms with Gasteiger partial charge in [0, 0.05) is 12.5 Å². The summed E-state index contributed by atoms with van der Waals surface area (Å²) < 4.78 is 21.0. The Kier molecular flexibility index (Phi) is 8.17. The lowest BCUT2D eigenvalue weighted by molar-refractivity contribution is 0.0682. The first kappa shape index (κ1) is 21.6. The Morgan fingerprint density at radius 2 is 1.39 bits per heavy atom. The summed E-state index contributed by atoms with van der Waals surface area (Å²) in [6.45, 7) is -0.147. The standard InChI is InChI=1S/C22H28O6/c1-25-18-10-8-15(12-20(18)27-3)6-5-7-17(14-23)22(24)16-9-11-19(26-2)21(13-16)28-4/h5-6,8-13,17,22-24H,7,14H2,1-4H3/t17-,22+/m1/s1. The van der Waals surface area contributed by atoms with Gasteiger partial charge in [0.1, 0.15) is 0 Å². The molecule has 0 bridgehead atoms. The van der Waals surface area contributed by atoms with Crippen LogP contribution in [0, 0.1) is 5.92 Å². The highest BCUT2D eigenvalue weighted by Gasteiger charge is 2.20. The van der Waals surface area contributed by atoms with Crippen molar-refractivity contribution in [3.05, 3.63) is 53.6 Å². The fourth-order valence-corrected chi connectivity index (χ4v) is 2.95. The zero-order valence-electron chi connectivity index (χ0n) is 16.7. The number of aliphatic hydroxyl groups excluding tert-OH is 2. The van der Waals surface area contributed by atoms with Gasteiger partial charge in [-0.3, -0.25) is 0 Å². The first-order valence-corrected chi connectivity index (χ1v) is 8.97. The Bertz CT molecular complexity index is 787. The predicted molar refractivity (Wildman–Crippen MR) is 108 cm³/mol. The number of benzene rings is 2. The van der Waals surface area contributed by atoms with Crippen molar-refractivity contribution in [2.75, 3.05) is 35.0 Å². The molecule has 2 rings (SSSR count). The summed E-state index contributed by atoms with van der Waals surface area (Å²) in [7, 11) is 6.29. The average Bonchev–Trinajstić information content (AvgIpc) is 2.75. The monoisotopic (exact) mass is 388 g/mol. The molecule has 6 nitrogen and oxygen atoms in total. The van der Waals surface area contributed by atoms with E-state index in [1.807, 2.05) is 30.4 Å². The number of hydrogen-bond acceptors (Lipinski definition) is 6. The second kappa shape index (κ2) is 10.6. The highest BCUT2D eigenvalue weighted by Crippen LogP contribution is 2.33. The van der Waals surface area contributed by atoms with E-state index >= 15 is 0 Å². The third-order valence-corrected chi connectivity index (χ3v) is 4.59. The lowest BCUT2D eigenvalue weighted by atomic mass is 9.93. The van der Waals surface area contributed by atoms with Gasteiger partial charge < -0.3 is 29.2 Å². The van der Waals surface area contributed by atoms with Crippen LogP contribution in [0.4, 0.5) is 0 Å². The summed E-state index contributed by atoms with van der Waals surface area (Å²) in [5, 5.41) is 20.4. The van der Waals surface area contributed by atoms with Gasteiger partial charge in [-0.2, -0.15) is 0 Å². The highest BCUT2D eigenvalue weighted by atomic mass is 16.5. The van der Waals surface area contributed by atoms with Crippen molar-refractivity contribution in [1.29, 1.82) is 0 Å². The van der Waals surface area contributed by atoms with E-state index in [-0.39, 0.29) is 12.5 Å². The van der Waals surface area contributed by atoms with Crippen LogP contribution in [0.2, 0.25) is 0 Å². The van der Waals surface area contributed by atoms with Crippen LogP contribution in [-0.2, 0) is 0 Å². The molecule has 0 unspecified atom stereocenters. The van der Waals surface area contributed by atoms with Crippen molar-refractivity contribution in [2.45, 2.75) is 12.5 Å². The molecule has 0 amide bonds. The SMILES string of the molecule is COc1ccc(C=CC[C@H](CO)[C@@H](O)c2ccc(OC)c(OC)c2)cc1OC. The molecule has 0 aliphatic heterocycles. The van der Waals surface area contributed by atoms with Crippen LogP contribution in [0.25, 0.3) is 6.08 Å². The molecule has 0 aliphatic carbocycles. The van der Waals surface area contributed by atoms with Crippen LogP contribution in [0.1, 0.15) is 23.7 Å². The van der Waals surface area contributed by atoms with Gasteiger partial charge in [0.05, 0.1) is 34.5 Å². The summed E-state index contributed by atoms with van der Waals surface area (Å²) in [5.74, 6) is 2.09. The van der Waals surface area contributed by atoms with Crippen LogP contribution in [0.15, 0.2) is 42.5 Å². The molecular weight excluding hydrogens is 360 g/mol. The molecular formula is C22H28O6. The predicted octanol–water partition coefficient (Wildman–Crippen LogP) is 3.47. The van der Waals surface area contributed by atoms with Gasteiger partial charge in [-0.05, 0) is 41.8 Å². The molecule has 6 heteroatoms. The van der Waals surface area contributed by atoms with E-state index in [0.717, 1.165) is 5.56 Å². The summed E-state index contributed by atoms with van der Waals surface area (Å²) in [6.07, 6.45) is 3.51. The van der Waals surface area contributed by atoms with E-state index in [0.29, 0.717) is 35.0 Å². The third-order valence-electron chi connectivity index (χ3n) is 4.59. The molecule has 0 fully saturated rings. The van der Waals surface area contributed by atoms with Gasteiger partial charge in [-0.1, -0.05) is 24.3 Å². The Balaban J connectivity index is 2.10. The average molecular weight is 388 g/mol. The summed E-state index contributed by atoms with van der Waals surface area (Å²) >= 11 is 0. The van der Waals surface area contributed by atoms with Crippen LogP contribution in [-0.4, -0.2) is 45.3 Å². The summed E-state index contributed by atoms with van der Waals surface area (Å²) in [6, 6.07) is 10.9. The smallest absolute Gasteiger partial charge is 0.161 e. The van der Waals surface area contributed by atoms with Gasteiger partial charge in [0.2, 0.25) is 0 Å². The lowest BCUT2D eigenvalue weighted by Gasteiger charge is -2.21. The Morgan fingerprint density at radius 3 is 1.96 bits per heavy atom. The molecule has 2 N–H and O–H groups in total. The quantitative estimate of drug-likeness (QED) is 0.649. The Labute approximate surface area is 165 Å². The van der Waals surface area contributed by atoms with Crippen molar-refractivity contribution in [1.82, 2.24) is 0 Å². The normalized spacial score (nSPS) is 13.2. The largest absolute Gasteiger partial charge is 0.493 e. The number of methoxy groups -OCH3 is 4. The minimum absolute atomic E-state index is 0.147. The number of rotatable bonds is 10. The van der Waals surface area contributed by atoms with Gasteiger partial charge >= 0.3 is 0 Å². The Morgan fingerprint density at radius 1 is 0.821 bits per heavy atom. The van der Waals surface area contributed by atoms with Gasteiger partial charge in [-0.15, -0.1) is 0 Å². The van der Waals surface area contributed by atoms with E-state index in [2.05, 4.69) is 0 Å². The van der Waals surface area contributed by atoms with Gasteiger partial charge in [0.25, 0.3) is 0 Å². The second-order valence-electron chi connectivity index (χ2n) is 6.25. The van der Waals surface area contributed by atoms with E-state index in [4.69, 9.17) is 18.9 Å². The molecule has 0 saturated carbocycles. The first-order valence-electron chi connectivity index (χ1n) is 8.97. The molecule has 2 aromatic rings. The molecule has 0 aliphatic rings. The molecule has 0 heterocycles. The minimum Gasteiger partial charge on any atom is -0.493 e. The molecule has 0 radical (unpaired) electrons. The van der Waals surface area contributed by atoms with Crippen molar-refractivity contribution in [3.63, 3.8) is 0 Å². The fourth-order valence-electron chi connectivity index (χ4n) is 2.95. The first-order chi connectivity index (χ1) is 13.6. The maximum atomic E-state index is 10.7. The third kappa shape index (κ3) is 5.18.